The number of rotatable bonds is 5. The minimum atomic E-state index is -0.295. The van der Waals surface area contributed by atoms with Crippen molar-refractivity contribution in [1.82, 2.24) is 15.1 Å². The molecule has 1 unspecified atom stereocenters. The Morgan fingerprint density at radius 3 is 2.60 bits per heavy atom. The maximum absolute atomic E-state index is 12.4. The van der Waals surface area contributed by atoms with Crippen molar-refractivity contribution in [2.75, 3.05) is 38.8 Å². The fourth-order valence-corrected chi connectivity index (χ4v) is 3.26. The summed E-state index contributed by atoms with van der Waals surface area (Å²) in [6, 6.07) is -0.295. The number of thioether (sulfide) groups is 1. The van der Waals surface area contributed by atoms with E-state index in [1.807, 2.05) is 27.8 Å². The van der Waals surface area contributed by atoms with Crippen molar-refractivity contribution < 1.29 is 9.59 Å². The van der Waals surface area contributed by atoms with Crippen LogP contribution in [-0.4, -0.2) is 66.5 Å². The molecule has 0 aromatic heterocycles. The van der Waals surface area contributed by atoms with Crippen molar-refractivity contribution >= 4 is 23.6 Å². The van der Waals surface area contributed by atoms with Gasteiger partial charge in [-0.3, -0.25) is 9.59 Å². The van der Waals surface area contributed by atoms with Gasteiger partial charge >= 0.3 is 0 Å². The van der Waals surface area contributed by atoms with Crippen LogP contribution in [-0.2, 0) is 9.59 Å². The highest BCUT2D eigenvalue weighted by molar-refractivity contribution is 7.99. The number of carbonyl (C=O) groups excluding carboxylic acids is 2. The van der Waals surface area contributed by atoms with Gasteiger partial charge in [-0.25, -0.2) is 0 Å². The molecule has 1 rings (SSSR count). The lowest BCUT2D eigenvalue weighted by Crippen LogP contribution is -2.49. The zero-order valence-corrected chi connectivity index (χ0v) is 14.0. The topological polar surface area (TPSA) is 52.7 Å². The van der Waals surface area contributed by atoms with Crippen LogP contribution in [0.15, 0.2) is 0 Å². The van der Waals surface area contributed by atoms with Gasteiger partial charge in [0.25, 0.3) is 0 Å². The maximum atomic E-state index is 12.4. The monoisotopic (exact) mass is 301 g/mol. The van der Waals surface area contributed by atoms with Crippen LogP contribution < -0.4 is 5.32 Å². The molecule has 1 saturated heterocycles. The number of hydrogen-bond donors (Lipinski definition) is 1. The third-order valence-electron chi connectivity index (χ3n) is 3.24. The number of amides is 2. The molecule has 0 spiro atoms. The third kappa shape index (κ3) is 4.98. The Balaban J connectivity index is 2.64. The summed E-state index contributed by atoms with van der Waals surface area (Å²) in [5.41, 5.74) is -0.0457. The highest BCUT2D eigenvalue weighted by Crippen LogP contribution is 2.27. The van der Waals surface area contributed by atoms with Crippen LogP contribution in [0.5, 0.6) is 0 Å². The average Bonchev–Trinajstić information content (AvgIpc) is 2.82. The summed E-state index contributed by atoms with van der Waals surface area (Å²) < 4.78 is 0. The molecular weight excluding hydrogens is 274 g/mol. The van der Waals surface area contributed by atoms with E-state index in [0.717, 1.165) is 6.54 Å². The van der Waals surface area contributed by atoms with Crippen molar-refractivity contribution in [2.24, 2.45) is 5.41 Å². The summed E-state index contributed by atoms with van der Waals surface area (Å²) in [5.74, 6) is 1.47. The molecule has 1 fully saturated rings. The standard InChI is InChI=1S/C14H27N3O2S/c1-14(2,3)8-12(18)17-10-20-9-11(17)13(19)16(5)7-6-15-4/h11,15H,6-10H2,1-5H3. The fraction of sp³-hybridized carbons (Fsp3) is 0.857. The van der Waals surface area contributed by atoms with Crippen LogP contribution in [0, 0.1) is 5.41 Å². The smallest absolute Gasteiger partial charge is 0.246 e. The first-order valence-corrected chi connectivity index (χ1v) is 8.18. The second kappa shape index (κ2) is 7.31. The highest BCUT2D eigenvalue weighted by atomic mass is 32.2. The Morgan fingerprint density at radius 1 is 1.40 bits per heavy atom. The molecule has 0 aromatic rings. The number of nitrogens with zero attached hydrogens (tertiary/aromatic N) is 2. The Kier molecular flexibility index (Phi) is 6.33. The first-order valence-electron chi connectivity index (χ1n) is 7.03. The van der Waals surface area contributed by atoms with E-state index in [0.29, 0.717) is 24.6 Å². The van der Waals surface area contributed by atoms with Gasteiger partial charge in [0.1, 0.15) is 6.04 Å². The van der Waals surface area contributed by atoms with Gasteiger partial charge in [0.2, 0.25) is 11.8 Å². The molecular formula is C14H27N3O2S. The molecule has 1 N–H and O–H groups in total. The van der Waals surface area contributed by atoms with Gasteiger partial charge in [0, 0.05) is 32.3 Å². The predicted molar refractivity (Wildman–Crippen MR) is 83.6 cm³/mol. The lowest BCUT2D eigenvalue weighted by atomic mass is 9.91. The first kappa shape index (κ1) is 17.3. The maximum Gasteiger partial charge on any atom is 0.246 e. The van der Waals surface area contributed by atoms with Crippen molar-refractivity contribution in [1.29, 1.82) is 0 Å². The van der Waals surface area contributed by atoms with Gasteiger partial charge < -0.3 is 15.1 Å². The molecule has 116 valence electrons. The molecule has 2 amide bonds. The van der Waals surface area contributed by atoms with E-state index in [-0.39, 0.29) is 23.3 Å². The molecule has 0 saturated carbocycles. The van der Waals surface area contributed by atoms with Gasteiger partial charge in [0.05, 0.1) is 5.88 Å². The van der Waals surface area contributed by atoms with E-state index in [2.05, 4.69) is 5.32 Å². The van der Waals surface area contributed by atoms with Crippen LogP contribution in [0.25, 0.3) is 0 Å². The Morgan fingerprint density at radius 2 is 2.05 bits per heavy atom. The van der Waals surface area contributed by atoms with E-state index in [9.17, 15) is 9.59 Å². The molecule has 0 bridgehead atoms. The van der Waals surface area contributed by atoms with E-state index < -0.39 is 0 Å². The third-order valence-corrected chi connectivity index (χ3v) is 4.25. The van der Waals surface area contributed by atoms with Gasteiger partial charge in [-0.1, -0.05) is 20.8 Å². The highest BCUT2D eigenvalue weighted by Gasteiger charge is 2.36. The molecule has 6 heteroatoms. The number of likely N-dealkylation sites (N-methyl/N-ethyl adjacent to an activating group) is 2. The van der Waals surface area contributed by atoms with Crippen LogP contribution in [0.2, 0.25) is 0 Å². The van der Waals surface area contributed by atoms with Crippen LogP contribution in [0.1, 0.15) is 27.2 Å². The number of carbonyl (C=O) groups is 2. The predicted octanol–water partition coefficient (Wildman–Crippen LogP) is 1.00. The number of hydrogen-bond acceptors (Lipinski definition) is 4. The van der Waals surface area contributed by atoms with Crippen molar-refractivity contribution in [3.8, 4) is 0 Å². The second-order valence-corrected chi connectivity index (χ2v) is 7.48. The molecule has 1 atom stereocenters. The summed E-state index contributed by atoms with van der Waals surface area (Å²) >= 11 is 1.66. The number of nitrogens with one attached hydrogen (secondary N) is 1. The molecule has 1 aliphatic heterocycles. The van der Waals surface area contributed by atoms with Gasteiger partial charge in [-0.15, -0.1) is 11.8 Å². The molecule has 1 heterocycles. The fourth-order valence-electron chi connectivity index (χ4n) is 2.09. The molecule has 0 radical (unpaired) electrons. The largest absolute Gasteiger partial charge is 0.343 e. The molecule has 20 heavy (non-hydrogen) atoms. The quantitative estimate of drug-likeness (QED) is 0.823. The van der Waals surface area contributed by atoms with Gasteiger partial charge in [0.15, 0.2) is 0 Å². The molecule has 1 aliphatic rings. The Bertz CT molecular complexity index is 355. The van der Waals surface area contributed by atoms with Crippen LogP contribution >= 0.6 is 11.8 Å². The Hall–Kier alpha value is -0.750. The van der Waals surface area contributed by atoms with Crippen LogP contribution in [0.3, 0.4) is 0 Å². The molecule has 5 nitrogen and oxygen atoms in total. The van der Waals surface area contributed by atoms with E-state index in [1.165, 1.54) is 0 Å². The minimum Gasteiger partial charge on any atom is -0.343 e. The zero-order chi connectivity index (χ0) is 15.3. The van der Waals surface area contributed by atoms with Crippen molar-refractivity contribution in [2.45, 2.75) is 33.2 Å². The van der Waals surface area contributed by atoms with Crippen molar-refractivity contribution in [3.63, 3.8) is 0 Å². The minimum absolute atomic E-state index is 0.0457. The summed E-state index contributed by atoms with van der Waals surface area (Å²) in [6.07, 6.45) is 0.484. The van der Waals surface area contributed by atoms with Crippen molar-refractivity contribution in [3.05, 3.63) is 0 Å². The lowest BCUT2D eigenvalue weighted by Gasteiger charge is -2.29. The second-order valence-electron chi connectivity index (χ2n) is 6.48. The Labute approximate surface area is 126 Å². The summed E-state index contributed by atoms with van der Waals surface area (Å²) in [7, 11) is 3.66. The summed E-state index contributed by atoms with van der Waals surface area (Å²) in [6.45, 7) is 7.56. The van der Waals surface area contributed by atoms with E-state index in [4.69, 9.17) is 0 Å². The van der Waals surface area contributed by atoms with Gasteiger partial charge in [-0.05, 0) is 12.5 Å². The molecule has 0 aromatic carbocycles. The van der Waals surface area contributed by atoms with Gasteiger partial charge in [-0.2, -0.15) is 0 Å². The lowest BCUT2D eigenvalue weighted by molar-refractivity contribution is -0.143. The first-order chi connectivity index (χ1) is 9.26. The normalized spacial score (nSPS) is 19.2. The van der Waals surface area contributed by atoms with E-state index in [1.54, 1.807) is 28.6 Å². The average molecular weight is 301 g/mol. The molecule has 0 aliphatic carbocycles. The summed E-state index contributed by atoms with van der Waals surface area (Å²) in [5, 5.41) is 3.03. The SMILES string of the molecule is CNCCN(C)C(=O)C1CSCN1C(=O)CC(C)(C)C. The van der Waals surface area contributed by atoms with E-state index >= 15 is 0 Å². The van der Waals surface area contributed by atoms with Crippen LogP contribution in [0.4, 0.5) is 0 Å². The summed E-state index contributed by atoms with van der Waals surface area (Å²) in [4.78, 5) is 28.2. The zero-order valence-electron chi connectivity index (χ0n) is 13.2.